The van der Waals surface area contributed by atoms with E-state index in [2.05, 4.69) is 48.4 Å². The summed E-state index contributed by atoms with van der Waals surface area (Å²) in [7, 11) is 0. The second-order valence-electron chi connectivity index (χ2n) is 7.94. The summed E-state index contributed by atoms with van der Waals surface area (Å²) in [4.78, 5) is 16.9. The standard InChI is InChI=1S/C23H27N3O3/c1-6-28-19-13-9-17(10-14-19)21(27)24-15(2)22-25-20(26-29-22)16-7-11-18(12-8-16)23(3,4)5/h7-15H,6H2,1-5H3,(H,24,27)/t15-/m1/s1. The van der Waals surface area contributed by atoms with Gasteiger partial charge in [0, 0.05) is 11.1 Å². The van der Waals surface area contributed by atoms with Gasteiger partial charge in [-0.15, -0.1) is 0 Å². The lowest BCUT2D eigenvalue weighted by atomic mass is 9.87. The van der Waals surface area contributed by atoms with E-state index in [1.165, 1.54) is 5.56 Å². The monoisotopic (exact) mass is 393 g/mol. The molecule has 0 aliphatic heterocycles. The Balaban J connectivity index is 1.67. The molecule has 0 fully saturated rings. The van der Waals surface area contributed by atoms with Gasteiger partial charge in [-0.05, 0) is 49.1 Å². The van der Waals surface area contributed by atoms with Crippen molar-refractivity contribution in [2.45, 2.75) is 46.1 Å². The normalized spacial score (nSPS) is 12.4. The van der Waals surface area contributed by atoms with Gasteiger partial charge in [0.15, 0.2) is 0 Å². The Bertz CT molecular complexity index is 954. The van der Waals surface area contributed by atoms with Crippen LogP contribution in [0.3, 0.4) is 0 Å². The van der Waals surface area contributed by atoms with E-state index in [0.717, 1.165) is 11.3 Å². The number of benzene rings is 2. The van der Waals surface area contributed by atoms with Crippen molar-refractivity contribution in [1.82, 2.24) is 15.5 Å². The molecule has 0 saturated carbocycles. The molecule has 0 bridgehead atoms. The molecule has 1 atom stereocenters. The summed E-state index contributed by atoms with van der Waals surface area (Å²) in [5.74, 6) is 1.38. The molecule has 6 heteroatoms. The fourth-order valence-corrected chi connectivity index (χ4v) is 2.86. The number of hydrogen-bond acceptors (Lipinski definition) is 5. The lowest BCUT2D eigenvalue weighted by Gasteiger charge is -2.18. The lowest BCUT2D eigenvalue weighted by Crippen LogP contribution is -2.26. The summed E-state index contributed by atoms with van der Waals surface area (Å²) in [5.41, 5.74) is 2.73. The molecule has 0 spiro atoms. The van der Waals surface area contributed by atoms with Crippen LogP contribution in [-0.2, 0) is 5.41 Å². The molecule has 1 aromatic heterocycles. The Morgan fingerprint density at radius 2 is 1.76 bits per heavy atom. The van der Waals surface area contributed by atoms with Gasteiger partial charge in [0.05, 0.1) is 6.61 Å². The predicted octanol–water partition coefficient (Wildman–Crippen LogP) is 4.92. The Morgan fingerprint density at radius 1 is 1.10 bits per heavy atom. The van der Waals surface area contributed by atoms with Gasteiger partial charge < -0.3 is 14.6 Å². The van der Waals surface area contributed by atoms with E-state index in [0.29, 0.717) is 23.9 Å². The number of hydrogen-bond donors (Lipinski definition) is 1. The van der Waals surface area contributed by atoms with Crippen molar-refractivity contribution >= 4 is 5.91 Å². The molecule has 1 amide bonds. The molecule has 1 heterocycles. The van der Waals surface area contributed by atoms with E-state index in [9.17, 15) is 4.79 Å². The lowest BCUT2D eigenvalue weighted by molar-refractivity contribution is 0.0932. The van der Waals surface area contributed by atoms with Gasteiger partial charge in [0.25, 0.3) is 5.91 Å². The molecule has 2 aromatic carbocycles. The minimum Gasteiger partial charge on any atom is -0.494 e. The van der Waals surface area contributed by atoms with Crippen molar-refractivity contribution in [3.05, 3.63) is 65.5 Å². The van der Waals surface area contributed by atoms with Crippen molar-refractivity contribution in [2.24, 2.45) is 0 Å². The SMILES string of the molecule is CCOc1ccc(C(=O)N[C@H](C)c2nc(-c3ccc(C(C)(C)C)cc3)no2)cc1. The molecule has 0 aliphatic rings. The molecule has 152 valence electrons. The van der Waals surface area contributed by atoms with Crippen LogP contribution in [0.15, 0.2) is 53.1 Å². The summed E-state index contributed by atoms with van der Waals surface area (Å²) in [6.07, 6.45) is 0. The Kier molecular flexibility index (Phi) is 6.01. The minimum atomic E-state index is -0.413. The number of ether oxygens (including phenoxy) is 1. The van der Waals surface area contributed by atoms with Gasteiger partial charge >= 0.3 is 0 Å². The van der Waals surface area contributed by atoms with E-state index in [1.807, 2.05) is 26.0 Å². The molecule has 0 radical (unpaired) electrons. The molecule has 3 rings (SSSR count). The van der Waals surface area contributed by atoms with Crippen LogP contribution in [0.5, 0.6) is 5.75 Å². The van der Waals surface area contributed by atoms with E-state index in [1.54, 1.807) is 24.3 Å². The topological polar surface area (TPSA) is 77.2 Å². The number of carbonyl (C=O) groups is 1. The summed E-state index contributed by atoms with van der Waals surface area (Å²) in [6.45, 7) is 10.8. The van der Waals surface area contributed by atoms with Crippen LogP contribution in [0.25, 0.3) is 11.4 Å². The highest BCUT2D eigenvalue weighted by molar-refractivity contribution is 5.94. The number of nitrogens with one attached hydrogen (secondary N) is 1. The van der Waals surface area contributed by atoms with Gasteiger partial charge in [0.2, 0.25) is 11.7 Å². The first kappa shape index (κ1) is 20.6. The molecule has 0 unspecified atom stereocenters. The molecule has 29 heavy (non-hydrogen) atoms. The maximum atomic E-state index is 12.5. The Hall–Kier alpha value is -3.15. The molecular weight excluding hydrogens is 366 g/mol. The van der Waals surface area contributed by atoms with E-state index >= 15 is 0 Å². The molecule has 0 aliphatic carbocycles. The minimum absolute atomic E-state index is 0.0839. The number of nitrogens with zero attached hydrogens (tertiary/aromatic N) is 2. The van der Waals surface area contributed by atoms with Gasteiger partial charge in [-0.1, -0.05) is 50.2 Å². The third kappa shape index (κ3) is 5.02. The third-order valence-corrected chi connectivity index (χ3v) is 4.60. The maximum absolute atomic E-state index is 12.5. The first-order valence-electron chi connectivity index (χ1n) is 9.76. The largest absolute Gasteiger partial charge is 0.494 e. The maximum Gasteiger partial charge on any atom is 0.251 e. The van der Waals surface area contributed by atoms with Crippen LogP contribution in [-0.4, -0.2) is 22.7 Å². The predicted molar refractivity (Wildman–Crippen MR) is 112 cm³/mol. The number of carbonyl (C=O) groups excluding carboxylic acids is 1. The highest BCUT2D eigenvalue weighted by Gasteiger charge is 2.19. The van der Waals surface area contributed by atoms with Crippen molar-refractivity contribution in [3.8, 4) is 17.1 Å². The second kappa shape index (κ2) is 8.47. The zero-order valence-electron chi connectivity index (χ0n) is 17.5. The molecule has 6 nitrogen and oxygen atoms in total. The number of aromatic nitrogens is 2. The van der Waals surface area contributed by atoms with Crippen molar-refractivity contribution in [3.63, 3.8) is 0 Å². The summed E-state index contributed by atoms with van der Waals surface area (Å²) < 4.78 is 10.8. The fraction of sp³-hybridized carbons (Fsp3) is 0.348. The van der Waals surface area contributed by atoms with Gasteiger partial charge in [-0.25, -0.2) is 0 Å². The molecule has 1 N–H and O–H groups in total. The average molecular weight is 393 g/mol. The van der Waals surface area contributed by atoms with Crippen LogP contribution in [0.4, 0.5) is 0 Å². The van der Waals surface area contributed by atoms with E-state index < -0.39 is 6.04 Å². The zero-order valence-corrected chi connectivity index (χ0v) is 17.5. The van der Waals surface area contributed by atoms with Crippen LogP contribution in [0, 0.1) is 0 Å². The summed E-state index contributed by atoms with van der Waals surface area (Å²) in [5, 5.41) is 6.94. The van der Waals surface area contributed by atoms with Crippen LogP contribution < -0.4 is 10.1 Å². The van der Waals surface area contributed by atoms with E-state index in [-0.39, 0.29) is 11.3 Å². The summed E-state index contributed by atoms with van der Waals surface area (Å²) in [6, 6.07) is 14.7. The fourth-order valence-electron chi connectivity index (χ4n) is 2.86. The summed E-state index contributed by atoms with van der Waals surface area (Å²) >= 11 is 0. The number of amides is 1. The van der Waals surface area contributed by atoms with Crippen molar-refractivity contribution in [2.75, 3.05) is 6.61 Å². The molecule has 3 aromatic rings. The van der Waals surface area contributed by atoms with Gasteiger partial charge in [-0.2, -0.15) is 4.98 Å². The van der Waals surface area contributed by atoms with Crippen molar-refractivity contribution in [1.29, 1.82) is 0 Å². The highest BCUT2D eigenvalue weighted by Crippen LogP contribution is 2.25. The smallest absolute Gasteiger partial charge is 0.251 e. The Morgan fingerprint density at radius 3 is 2.34 bits per heavy atom. The van der Waals surface area contributed by atoms with Crippen molar-refractivity contribution < 1.29 is 14.1 Å². The van der Waals surface area contributed by atoms with E-state index in [4.69, 9.17) is 9.26 Å². The zero-order chi connectivity index (χ0) is 21.0. The quantitative estimate of drug-likeness (QED) is 0.643. The van der Waals surface area contributed by atoms with Gasteiger partial charge in [0.1, 0.15) is 11.8 Å². The number of rotatable bonds is 6. The molecular formula is C23H27N3O3. The average Bonchev–Trinajstić information content (AvgIpc) is 3.18. The first-order valence-corrected chi connectivity index (χ1v) is 9.76. The highest BCUT2D eigenvalue weighted by atomic mass is 16.5. The second-order valence-corrected chi connectivity index (χ2v) is 7.94. The van der Waals surface area contributed by atoms with Crippen LogP contribution in [0.1, 0.15) is 62.5 Å². The first-order chi connectivity index (χ1) is 13.8. The Labute approximate surface area is 171 Å². The van der Waals surface area contributed by atoms with Crippen LogP contribution >= 0.6 is 0 Å². The molecule has 0 saturated heterocycles. The van der Waals surface area contributed by atoms with Crippen LogP contribution in [0.2, 0.25) is 0 Å². The van der Waals surface area contributed by atoms with Gasteiger partial charge in [-0.3, -0.25) is 4.79 Å². The third-order valence-electron chi connectivity index (χ3n) is 4.60.